The Hall–Kier alpha value is -4.11. The van der Waals surface area contributed by atoms with Gasteiger partial charge >= 0.3 is 6.09 Å². The van der Waals surface area contributed by atoms with Gasteiger partial charge in [0.15, 0.2) is 5.17 Å². The van der Waals surface area contributed by atoms with Gasteiger partial charge in [-0.2, -0.15) is 0 Å². The van der Waals surface area contributed by atoms with Crippen molar-refractivity contribution in [1.82, 2.24) is 10.2 Å². The molecule has 0 radical (unpaired) electrons. The van der Waals surface area contributed by atoms with Crippen molar-refractivity contribution >= 4 is 46.2 Å². The number of hydrogen-bond donors (Lipinski definition) is 2. The number of hydrogen-bond acceptors (Lipinski definition) is 6. The van der Waals surface area contributed by atoms with Crippen molar-refractivity contribution in [2.75, 3.05) is 5.32 Å². The standard InChI is InChI=1S/C27H24N4O4S/c1-17(28-27(34)35-16-18-7-3-2-4-8-18)24(32)29-21-13-11-19(12-14-21)23-25(33)31-15-20-9-5-6-10-22(20)30-26(31)36-23/h2-14,17,23H,15-16H2,1H3,(H,28,34)(H,29,32)/t17-,23?/m0/s1. The fraction of sp³-hybridized carbons (Fsp3) is 0.185. The number of carbonyl (C=O) groups is 3. The Bertz CT molecular complexity index is 1330. The molecule has 36 heavy (non-hydrogen) atoms. The Morgan fingerprint density at radius 3 is 2.56 bits per heavy atom. The molecule has 3 aromatic rings. The highest BCUT2D eigenvalue weighted by Crippen LogP contribution is 2.44. The van der Waals surface area contributed by atoms with Gasteiger partial charge in [-0.25, -0.2) is 9.79 Å². The molecule has 1 unspecified atom stereocenters. The van der Waals surface area contributed by atoms with Gasteiger partial charge < -0.3 is 15.4 Å². The minimum atomic E-state index is -0.796. The lowest BCUT2D eigenvalue weighted by atomic mass is 10.1. The van der Waals surface area contributed by atoms with E-state index in [0.717, 1.165) is 22.4 Å². The van der Waals surface area contributed by atoms with Gasteiger partial charge in [-0.15, -0.1) is 0 Å². The van der Waals surface area contributed by atoms with Crippen LogP contribution in [0.25, 0.3) is 0 Å². The van der Waals surface area contributed by atoms with Gasteiger partial charge in [0, 0.05) is 5.69 Å². The summed E-state index contributed by atoms with van der Waals surface area (Å²) in [4.78, 5) is 44.0. The van der Waals surface area contributed by atoms with Crippen LogP contribution in [0.1, 0.15) is 28.9 Å². The maximum absolute atomic E-state index is 13.1. The summed E-state index contributed by atoms with van der Waals surface area (Å²) in [5.41, 5.74) is 4.18. The van der Waals surface area contributed by atoms with Crippen molar-refractivity contribution in [3.05, 3.63) is 95.6 Å². The van der Waals surface area contributed by atoms with Crippen LogP contribution in [0.5, 0.6) is 0 Å². The first-order valence-corrected chi connectivity index (χ1v) is 12.4. The van der Waals surface area contributed by atoms with Crippen molar-refractivity contribution in [1.29, 1.82) is 0 Å². The quantitative estimate of drug-likeness (QED) is 0.509. The highest BCUT2D eigenvalue weighted by molar-refractivity contribution is 8.15. The molecule has 3 amide bonds. The third-order valence-corrected chi connectivity index (χ3v) is 7.13. The number of nitrogens with one attached hydrogen (secondary N) is 2. The second kappa shape index (κ2) is 10.2. The highest BCUT2D eigenvalue weighted by atomic mass is 32.2. The van der Waals surface area contributed by atoms with E-state index in [1.54, 1.807) is 24.0 Å². The molecule has 2 aliphatic rings. The zero-order valence-corrected chi connectivity index (χ0v) is 20.3. The van der Waals surface area contributed by atoms with Crippen LogP contribution in [0.2, 0.25) is 0 Å². The first-order valence-electron chi connectivity index (χ1n) is 11.5. The molecule has 2 heterocycles. The number of thioether (sulfide) groups is 1. The van der Waals surface area contributed by atoms with Gasteiger partial charge in [-0.1, -0.05) is 72.4 Å². The van der Waals surface area contributed by atoms with Crippen LogP contribution in [0.4, 0.5) is 16.2 Å². The maximum atomic E-state index is 13.1. The predicted octanol–water partition coefficient (Wildman–Crippen LogP) is 4.76. The second-order valence-corrected chi connectivity index (χ2v) is 9.56. The Labute approximate surface area is 212 Å². The summed E-state index contributed by atoms with van der Waals surface area (Å²) >= 11 is 1.43. The third-order valence-electron chi connectivity index (χ3n) is 5.90. The molecule has 1 fully saturated rings. The topological polar surface area (TPSA) is 100 Å². The average molecular weight is 501 g/mol. The smallest absolute Gasteiger partial charge is 0.408 e. The second-order valence-electron chi connectivity index (χ2n) is 8.48. The van der Waals surface area contributed by atoms with Gasteiger partial charge in [0.05, 0.1) is 12.2 Å². The number of rotatable bonds is 6. The summed E-state index contributed by atoms with van der Waals surface area (Å²) in [6.45, 7) is 2.22. The van der Waals surface area contributed by atoms with E-state index >= 15 is 0 Å². The number of nitrogens with zero attached hydrogens (tertiary/aromatic N) is 2. The number of aliphatic imine (C=N–C) groups is 1. The normalized spacial score (nSPS) is 16.9. The largest absolute Gasteiger partial charge is 0.445 e. The number of benzene rings is 3. The first kappa shape index (κ1) is 23.6. The molecule has 0 aliphatic carbocycles. The third kappa shape index (κ3) is 5.11. The van der Waals surface area contributed by atoms with Crippen LogP contribution in [-0.2, 0) is 27.5 Å². The summed E-state index contributed by atoms with van der Waals surface area (Å²) in [7, 11) is 0. The minimum absolute atomic E-state index is 0.00289. The Kier molecular flexibility index (Phi) is 6.73. The van der Waals surface area contributed by atoms with Crippen molar-refractivity contribution in [3.63, 3.8) is 0 Å². The van der Waals surface area contributed by atoms with Gasteiger partial charge in [0.25, 0.3) is 0 Å². The summed E-state index contributed by atoms with van der Waals surface area (Å²) in [5, 5.41) is 5.63. The van der Waals surface area contributed by atoms with Crippen molar-refractivity contribution in [2.24, 2.45) is 4.99 Å². The lowest BCUT2D eigenvalue weighted by Crippen LogP contribution is -2.41. The van der Waals surface area contributed by atoms with E-state index < -0.39 is 12.1 Å². The summed E-state index contributed by atoms with van der Waals surface area (Å²) in [5.74, 6) is -0.383. The molecule has 8 nitrogen and oxygen atoms in total. The molecule has 0 saturated carbocycles. The summed E-state index contributed by atoms with van der Waals surface area (Å²) in [6.07, 6.45) is -0.671. The molecule has 2 atom stereocenters. The van der Waals surface area contributed by atoms with Crippen molar-refractivity contribution in [3.8, 4) is 0 Å². The molecule has 1 saturated heterocycles. The molecule has 0 bridgehead atoms. The Morgan fingerprint density at radius 2 is 1.78 bits per heavy atom. The Balaban J connectivity index is 1.15. The fourth-order valence-corrected chi connectivity index (χ4v) is 5.09. The van der Waals surface area contributed by atoms with E-state index in [1.165, 1.54) is 11.8 Å². The number of amidine groups is 1. The molecule has 182 valence electrons. The van der Waals surface area contributed by atoms with E-state index in [4.69, 9.17) is 4.74 Å². The number of para-hydroxylation sites is 1. The zero-order chi connectivity index (χ0) is 25.1. The number of alkyl carbamates (subject to hydrolysis) is 1. The fourth-order valence-electron chi connectivity index (χ4n) is 3.92. The maximum Gasteiger partial charge on any atom is 0.408 e. The van der Waals surface area contributed by atoms with E-state index in [1.807, 2.05) is 66.7 Å². The molecule has 5 rings (SSSR count). The monoisotopic (exact) mass is 500 g/mol. The zero-order valence-electron chi connectivity index (χ0n) is 19.5. The van der Waals surface area contributed by atoms with Gasteiger partial charge in [0.1, 0.15) is 17.9 Å². The number of amides is 3. The van der Waals surface area contributed by atoms with Gasteiger partial charge in [0.2, 0.25) is 11.8 Å². The number of fused-ring (bicyclic) bond motifs is 2. The molecular weight excluding hydrogens is 476 g/mol. The number of carbonyl (C=O) groups excluding carboxylic acids is 3. The van der Waals surface area contributed by atoms with Crippen molar-refractivity contribution in [2.45, 2.75) is 31.4 Å². The highest BCUT2D eigenvalue weighted by Gasteiger charge is 2.40. The van der Waals surface area contributed by atoms with Gasteiger partial charge in [-0.3, -0.25) is 14.5 Å². The lowest BCUT2D eigenvalue weighted by molar-refractivity contribution is -0.126. The first-order chi connectivity index (χ1) is 17.5. The van der Waals surface area contributed by atoms with Crippen LogP contribution in [-0.4, -0.2) is 34.0 Å². The summed E-state index contributed by atoms with van der Waals surface area (Å²) in [6, 6.07) is 23.5. The van der Waals surface area contributed by atoms with E-state index in [0.29, 0.717) is 17.4 Å². The van der Waals surface area contributed by atoms with E-state index in [-0.39, 0.29) is 23.7 Å². The molecule has 2 aliphatic heterocycles. The summed E-state index contributed by atoms with van der Waals surface area (Å²) < 4.78 is 5.16. The molecule has 0 spiro atoms. The predicted molar refractivity (Wildman–Crippen MR) is 139 cm³/mol. The Morgan fingerprint density at radius 1 is 1.06 bits per heavy atom. The van der Waals surface area contributed by atoms with E-state index in [9.17, 15) is 14.4 Å². The van der Waals surface area contributed by atoms with Crippen molar-refractivity contribution < 1.29 is 19.1 Å². The van der Waals surface area contributed by atoms with Crippen LogP contribution >= 0.6 is 11.8 Å². The van der Waals surface area contributed by atoms with Gasteiger partial charge in [-0.05, 0) is 41.8 Å². The van der Waals surface area contributed by atoms with Crippen LogP contribution in [0, 0.1) is 0 Å². The van der Waals surface area contributed by atoms with Crippen LogP contribution in [0.15, 0.2) is 83.9 Å². The molecule has 9 heteroatoms. The van der Waals surface area contributed by atoms with Crippen LogP contribution < -0.4 is 10.6 Å². The molecule has 2 N–H and O–H groups in total. The minimum Gasteiger partial charge on any atom is -0.445 e. The molecule has 0 aromatic heterocycles. The molecule has 3 aromatic carbocycles. The number of anilines is 1. The number of ether oxygens (including phenoxy) is 1. The molecular formula is C27H24N4O4S. The van der Waals surface area contributed by atoms with Crippen LogP contribution in [0.3, 0.4) is 0 Å². The lowest BCUT2D eigenvalue weighted by Gasteiger charge is -2.21. The van der Waals surface area contributed by atoms with E-state index in [2.05, 4.69) is 15.6 Å². The SMILES string of the molecule is C[C@H](NC(=O)OCc1ccccc1)C(=O)Nc1ccc(C2SC3=Nc4ccccc4CN3C2=O)cc1. The average Bonchev–Trinajstić information content (AvgIpc) is 3.22.